The molecule has 0 aliphatic carbocycles. The maximum atomic E-state index is 13.9. The fraction of sp³-hybridized carbons (Fsp3) is 0.304. The van der Waals surface area contributed by atoms with Crippen molar-refractivity contribution in [2.45, 2.75) is 37.5 Å². The molecule has 1 aromatic heterocycles. The standard InChI is InChI=1S/C23H23FN4O2/c24-18-7-3-1-5-14(18)11-25-16-10-21-22(29)27-20(23(30)28(21)13-16)9-15-12-26-19-8-4-2-6-17(15)19/h1-8,12,16,20-21,25-26H,9-11,13H2,(H,27,29)/t16-,20-,21-/m0/s1. The van der Waals surface area contributed by atoms with Gasteiger partial charge >= 0.3 is 0 Å². The summed E-state index contributed by atoms with van der Waals surface area (Å²) >= 11 is 0. The third kappa shape index (κ3) is 3.35. The molecule has 3 aromatic rings. The van der Waals surface area contributed by atoms with Gasteiger partial charge in [0.15, 0.2) is 0 Å². The van der Waals surface area contributed by atoms with Gasteiger partial charge in [-0.1, -0.05) is 36.4 Å². The van der Waals surface area contributed by atoms with Gasteiger partial charge in [-0.25, -0.2) is 4.39 Å². The van der Waals surface area contributed by atoms with Crippen molar-refractivity contribution in [3.05, 3.63) is 71.7 Å². The van der Waals surface area contributed by atoms with Crippen LogP contribution in [0.4, 0.5) is 4.39 Å². The van der Waals surface area contributed by atoms with Crippen LogP contribution >= 0.6 is 0 Å². The molecule has 0 bridgehead atoms. The second-order valence-electron chi connectivity index (χ2n) is 8.04. The van der Waals surface area contributed by atoms with Crippen molar-refractivity contribution in [3.63, 3.8) is 0 Å². The number of H-pyrrole nitrogens is 1. The van der Waals surface area contributed by atoms with Crippen molar-refractivity contribution < 1.29 is 14.0 Å². The molecular formula is C23H23FN4O2. The highest BCUT2D eigenvalue weighted by Gasteiger charge is 2.46. The van der Waals surface area contributed by atoms with E-state index in [-0.39, 0.29) is 23.7 Å². The number of aromatic nitrogens is 1. The van der Waals surface area contributed by atoms with Crippen LogP contribution in [-0.4, -0.2) is 46.4 Å². The Morgan fingerprint density at radius 3 is 2.73 bits per heavy atom. The average Bonchev–Trinajstić information content (AvgIpc) is 3.36. The number of fused-ring (bicyclic) bond motifs is 2. The van der Waals surface area contributed by atoms with Crippen LogP contribution in [-0.2, 0) is 22.6 Å². The molecule has 2 fully saturated rings. The van der Waals surface area contributed by atoms with E-state index in [4.69, 9.17) is 0 Å². The number of aromatic amines is 1. The van der Waals surface area contributed by atoms with Gasteiger partial charge in [-0.15, -0.1) is 0 Å². The van der Waals surface area contributed by atoms with Crippen molar-refractivity contribution in [2.75, 3.05) is 6.54 Å². The van der Waals surface area contributed by atoms with E-state index in [2.05, 4.69) is 15.6 Å². The summed E-state index contributed by atoms with van der Waals surface area (Å²) in [6.45, 7) is 0.822. The first-order valence-electron chi connectivity index (χ1n) is 10.2. The molecule has 2 aliphatic heterocycles. The molecule has 3 atom stereocenters. The number of nitrogens with one attached hydrogen (secondary N) is 3. The molecule has 0 saturated carbocycles. The highest BCUT2D eigenvalue weighted by atomic mass is 19.1. The Hall–Kier alpha value is -3.19. The summed E-state index contributed by atoms with van der Waals surface area (Å²) in [7, 11) is 0. The molecule has 2 aromatic carbocycles. The second kappa shape index (κ2) is 7.57. The lowest BCUT2D eigenvalue weighted by Crippen LogP contribution is -2.61. The van der Waals surface area contributed by atoms with Crippen molar-refractivity contribution in [1.29, 1.82) is 0 Å². The minimum absolute atomic E-state index is 0.0452. The minimum Gasteiger partial charge on any atom is -0.361 e. The van der Waals surface area contributed by atoms with Crippen molar-refractivity contribution in [3.8, 4) is 0 Å². The number of halogens is 1. The number of carbonyl (C=O) groups excluding carboxylic acids is 2. The van der Waals surface area contributed by atoms with Gasteiger partial charge in [-0.3, -0.25) is 9.59 Å². The first-order valence-corrected chi connectivity index (χ1v) is 10.2. The van der Waals surface area contributed by atoms with Crippen molar-refractivity contribution >= 4 is 22.7 Å². The molecule has 2 aliphatic rings. The highest BCUT2D eigenvalue weighted by Crippen LogP contribution is 2.26. The van der Waals surface area contributed by atoms with E-state index < -0.39 is 12.1 Å². The van der Waals surface area contributed by atoms with E-state index in [1.54, 1.807) is 23.1 Å². The van der Waals surface area contributed by atoms with Crippen LogP contribution in [0.25, 0.3) is 10.9 Å². The van der Waals surface area contributed by atoms with Gasteiger partial charge in [0, 0.05) is 48.2 Å². The van der Waals surface area contributed by atoms with Gasteiger partial charge < -0.3 is 20.5 Å². The molecule has 6 nitrogen and oxygen atoms in total. The van der Waals surface area contributed by atoms with E-state index in [1.165, 1.54) is 6.07 Å². The lowest BCUT2D eigenvalue weighted by Gasteiger charge is -2.34. The molecule has 0 spiro atoms. The number of carbonyl (C=O) groups is 2. The zero-order chi connectivity index (χ0) is 20.7. The van der Waals surface area contributed by atoms with E-state index >= 15 is 0 Å². The van der Waals surface area contributed by atoms with Gasteiger partial charge in [0.05, 0.1) is 0 Å². The normalized spacial score (nSPS) is 23.6. The maximum absolute atomic E-state index is 13.9. The van der Waals surface area contributed by atoms with Gasteiger partial charge in [0.1, 0.15) is 17.9 Å². The third-order valence-corrected chi connectivity index (χ3v) is 6.14. The summed E-state index contributed by atoms with van der Waals surface area (Å²) < 4.78 is 13.9. The van der Waals surface area contributed by atoms with Crippen LogP contribution in [0.1, 0.15) is 17.5 Å². The number of hydrogen-bond donors (Lipinski definition) is 3. The zero-order valence-electron chi connectivity index (χ0n) is 16.4. The number of benzene rings is 2. The van der Waals surface area contributed by atoms with E-state index in [0.717, 1.165) is 16.5 Å². The van der Waals surface area contributed by atoms with Crippen LogP contribution < -0.4 is 10.6 Å². The van der Waals surface area contributed by atoms with Crippen LogP contribution in [0.2, 0.25) is 0 Å². The van der Waals surface area contributed by atoms with Gasteiger partial charge in [-0.05, 0) is 24.1 Å². The minimum atomic E-state index is -0.571. The van der Waals surface area contributed by atoms with E-state index in [9.17, 15) is 14.0 Å². The van der Waals surface area contributed by atoms with Gasteiger partial charge in [0.2, 0.25) is 11.8 Å². The topological polar surface area (TPSA) is 77.2 Å². The second-order valence-corrected chi connectivity index (χ2v) is 8.04. The Balaban J connectivity index is 1.27. The molecule has 154 valence electrons. The molecular weight excluding hydrogens is 383 g/mol. The molecule has 2 amide bonds. The molecule has 3 N–H and O–H groups in total. The highest BCUT2D eigenvalue weighted by molar-refractivity contribution is 5.98. The summed E-state index contributed by atoms with van der Waals surface area (Å²) in [6.07, 6.45) is 2.88. The first-order chi connectivity index (χ1) is 14.6. The van der Waals surface area contributed by atoms with E-state index in [0.29, 0.717) is 31.5 Å². The Bertz CT molecular complexity index is 1110. The number of nitrogens with zero attached hydrogens (tertiary/aromatic N) is 1. The maximum Gasteiger partial charge on any atom is 0.246 e. The average molecular weight is 406 g/mol. The summed E-state index contributed by atoms with van der Waals surface area (Å²) in [4.78, 5) is 30.7. The predicted octanol–water partition coefficient (Wildman–Crippen LogP) is 2.11. The summed E-state index contributed by atoms with van der Waals surface area (Å²) in [5.41, 5.74) is 2.60. The third-order valence-electron chi connectivity index (χ3n) is 6.14. The van der Waals surface area contributed by atoms with Crippen LogP contribution in [0, 0.1) is 5.82 Å². The van der Waals surface area contributed by atoms with Crippen LogP contribution in [0.15, 0.2) is 54.7 Å². The Morgan fingerprint density at radius 1 is 1.07 bits per heavy atom. The Labute approximate surface area is 173 Å². The van der Waals surface area contributed by atoms with Gasteiger partial charge in [0.25, 0.3) is 0 Å². The zero-order valence-corrected chi connectivity index (χ0v) is 16.4. The monoisotopic (exact) mass is 406 g/mol. The summed E-state index contributed by atoms with van der Waals surface area (Å²) in [6, 6.07) is 13.5. The van der Waals surface area contributed by atoms with Gasteiger partial charge in [-0.2, -0.15) is 0 Å². The fourth-order valence-electron chi connectivity index (χ4n) is 4.56. The molecule has 3 heterocycles. The summed E-state index contributed by atoms with van der Waals surface area (Å²) in [5.74, 6) is -0.428. The lowest BCUT2D eigenvalue weighted by molar-refractivity contribution is -0.146. The van der Waals surface area contributed by atoms with Crippen LogP contribution in [0.3, 0.4) is 0 Å². The van der Waals surface area contributed by atoms with Crippen LogP contribution in [0.5, 0.6) is 0 Å². The number of hydrogen-bond acceptors (Lipinski definition) is 3. The fourth-order valence-corrected chi connectivity index (χ4v) is 4.56. The molecule has 5 rings (SSSR count). The molecule has 0 radical (unpaired) electrons. The SMILES string of the molecule is O=C1N[C@@H](Cc2c[nH]c3ccccc23)C(=O)N2C[C@@H](NCc3ccccc3F)C[C@@H]12. The Morgan fingerprint density at radius 2 is 1.87 bits per heavy atom. The summed E-state index contributed by atoms with van der Waals surface area (Å²) in [5, 5.41) is 7.28. The predicted molar refractivity (Wildman–Crippen MR) is 111 cm³/mol. The number of para-hydroxylation sites is 1. The number of piperazine rings is 1. The quantitative estimate of drug-likeness (QED) is 0.607. The molecule has 0 unspecified atom stereocenters. The van der Waals surface area contributed by atoms with E-state index in [1.807, 2.05) is 30.5 Å². The number of amides is 2. The Kier molecular flexibility index (Phi) is 4.75. The largest absolute Gasteiger partial charge is 0.361 e. The molecule has 30 heavy (non-hydrogen) atoms. The number of rotatable bonds is 5. The molecule has 7 heteroatoms. The van der Waals surface area contributed by atoms with Crippen molar-refractivity contribution in [1.82, 2.24) is 20.5 Å². The van der Waals surface area contributed by atoms with Crippen molar-refractivity contribution in [2.24, 2.45) is 0 Å². The molecule has 2 saturated heterocycles. The smallest absolute Gasteiger partial charge is 0.246 e. The lowest BCUT2D eigenvalue weighted by atomic mass is 10.0. The first kappa shape index (κ1) is 18.8.